The van der Waals surface area contributed by atoms with Crippen molar-refractivity contribution in [3.63, 3.8) is 0 Å². The van der Waals surface area contributed by atoms with Gasteiger partial charge < -0.3 is 10.6 Å². The van der Waals surface area contributed by atoms with Gasteiger partial charge in [0.15, 0.2) is 0 Å². The summed E-state index contributed by atoms with van der Waals surface area (Å²) >= 11 is 0. The van der Waals surface area contributed by atoms with Crippen molar-refractivity contribution in [2.75, 3.05) is 18.4 Å². The summed E-state index contributed by atoms with van der Waals surface area (Å²) in [5.41, 5.74) is 0.923. The van der Waals surface area contributed by atoms with E-state index in [0.717, 1.165) is 18.8 Å². The Bertz CT molecular complexity index is 377. The van der Waals surface area contributed by atoms with E-state index in [-0.39, 0.29) is 10.6 Å². The van der Waals surface area contributed by atoms with Gasteiger partial charge in [-0.1, -0.05) is 6.07 Å². The van der Waals surface area contributed by atoms with Crippen LogP contribution in [0.25, 0.3) is 0 Å². The highest BCUT2D eigenvalue weighted by molar-refractivity contribution is 5.50. The second-order valence-electron chi connectivity index (χ2n) is 3.96. The minimum absolute atomic E-state index is 0.125. The molecular weight excluding hydrogens is 206 g/mol. The highest BCUT2D eigenvalue weighted by atomic mass is 16.6. The van der Waals surface area contributed by atoms with E-state index in [1.165, 1.54) is 18.9 Å². The Morgan fingerprint density at radius 2 is 2.19 bits per heavy atom. The van der Waals surface area contributed by atoms with E-state index in [4.69, 9.17) is 0 Å². The monoisotopic (exact) mass is 221 g/mol. The molecule has 0 heterocycles. The molecule has 0 bridgehead atoms. The second-order valence-corrected chi connectivity index (χ2v) is 3.96. The zero-order valence-corrected chi connectivity index (χ0v) is 8.98. The van der Waals surface area contributed by atoms with Gasteiger partial charge in [0.1, 0.15) is 0 Å². The van der Waals surface area contributed by atoms with Gasteiger partial charge in [-0.15, -0.1) is 0 Å². The highest BCUT2D eigenvalue weighted by Gasteiger charge is 2.19. The number of hydrogen-bond donors (Lipinski definition) is 2. The minimum atomic E-state index is -0.381. The van der Waals surface area contributed by atoms with Gasteiger partial charge >= 0.3 is 0 Å². The van der Waals surface area contributed by atoms with Gasteiger partial charge in [0.05, 0.1) is 4.92 Å². The summed E-state index contributed by atoms with van der Waals surface area (Å²) in [6.07, 6.45) is 2.55. The molecule has 1 aromatic carbocycles. The summed E-state index contributed by atoms with van der Waals surface area (Å²) in [4.78, 5) is 10.2. The Kier molecular flexibility index (Phi) is 3.36. The lowest BCUT2D eigenvalue weighted by molar-refractivity contribution is -0.384. The van der Waals surface area contributed by atoms with Crippen LogP contribution in [0, 0.1) is 10.1 Å². The maximum Gasteiger partial charge on any atom is 0.271 e. The first-order valence-corrected chi connectivity index (χ1v) is 5.47. The third-order valence-corrected chi connectivity index (χ3v) is 2.52. The van der Waals surface area contributed by atoms with Crippen LogP contribution in [0.4, 0.5) is 11.4 Å². The lowest BCUT2D eigenvalue weighted by atomic mass is 10.3. The molecule has 0 unspecified atom stereocenters. The van der Waals surface area contributed by atoms with Gasteiger partial charge in [0.25, 0.3) is 5.69 Å². The molecule has 1 fully saturated rings. The third kappa shape index (κ3) is 3.20. The number of nitro benzene ring substituents is 1. The topological polar surface area (TPSA) is 67.2 Å². The Morgan fingerprint density at radius 3 is 2.88 bits per heavy atom. The van der Waals surface area contributed by atoms with Crippen LogP contribution in [0.2, 0.25) is 0 Å². The summed E-state index contributed by atoms with van der Waals surface area (Å²) < 4.78 is 0. The van der Waals surface area contributed by atoms with Crippen molar-refractivity contribution in [3.8, 4) is 0 Å². The molecule has 5 heteroatoms. The average molecular weight is 221 g/mol. The molecule has 16 heavy (non-hydrogen) atoms. The molecule has 0 saturated heterocycles. The number of nitro groups is 1. The molecule has 86 valence electrons. The molecule has 1 saturated carbocycles. The SMILES string of the molecule is O=[N+]([O-])c1cccc(NCCNC2CC2)c1. The Labute approximate surface area is 94.0 Å². The number of nitrogens with one attached hydrogen (secondary N) is 2. The van der Waals surface area contributed by atoms with Crippen LogP contribution in [0.1, 0.15) is 12.8 Å². The molecule has 0 aliphatic heterocycles. The van der Waals surface area contributed by atoms with Crippen molar-refractivity contribution in [1.29, 1.82) is 0 Å². The summed E-state index contributed by atoms with van der Waals surface area (Å²) in [7, 11) is 0. The number of rotatable bonds is 6. The van der Waals surface area contributed by atoms with Crippen LogP contribution < -0.4 is 10.6 Å². The molecular formula is C11H15N3O2. The average Bonchev–Trinajstić information content (AvgIpc) is 3.09. The maximum absolute atomic E-state index is 10.5. The van der Waals surface area contributed by atoms with Crippen LogP contribution in [0.3, 0.4) is 0 Å². The van der Waals surface area contributed by atoms with Gasteiger partial charge in [-0.25, -0.2) is 0 Å². The zero-order chi connectivity index (χ0) is 11.4. The van der Waals surface area contributed by atoms with Gasteiger partial charge in [-0.2, -0.15) is 0 Å². The quantitative estimate of drug-likeness (QED) is 0.436. The van der Waals surface area contributed by atoms with Crippen LogP contribution in [0.5, 0.6) is 0 Å². The fourth-order valence-electron chi connectivity index (χ4n) is 1.50. The predicted molar refractivity (Wildman–Crippen MR) is 62.6 cm³/mol. The van der Waals surface area contributed by atoms with E-state index in [0.29, 0.717) is 6.04 Å². The molecule has 0 radical (unpaired) electrons. The van der Waals surface area contributed by atoms with E-state index in [9.17, 15) is 10.1 Å². The number of nitrogens with zero attached hydrogens (tertiary/aromatic N) is 1. The normalized spacial score (nSPS) is 14.8. The summed E-state index contributed by atoms with van der Waals surface area (Å²) in [5, 5.41) is 17.1. The van der Waals surface area contributed by atoms with Gasteiger partial charge in [-0.05, 0) is 18.9 Å². The summed E-state index contributed by atoms with van der Waals surface area (Å²) in [6.45, 7) is 1.69. The standard InChI is InChI=1S/C11H15N3O2/c15-14(16)11-3-1-2-10(8-11)13-7-6-12-9-4-5-9/h1-3,8-9,12-13H,4-7H2. The number of hydrogen-bond acceptors (Lipinski definition) is 4. The van der Waals surface area contributed by atoms with E-state index in [1.807, 2.05) is 6.07 Å². The molecule has 0 aromatic heterocycles. The van der Waals surface area contributed by atoms with Crippen LogP contribution >= 0.6 is 0 Å². The molecule has 2 rings (SSSR count). The van der Waals surface area contributed by atoms with Crippen molar-refractivity contribution in [3.05, 3.63) is 34.4 Å². The molecule has 5 nitrogen and oxygen atoms in total. The molecule has 0 amide bonds. The van der Waals surface area contributed by atoms with Crippen LogP contribution in [-0.2, 0) is 0 Å². The van der Waals surface area contributed by atoms with Crippen molar-refractivity contribution in [1.82, 2.24) is 5.32 Å². The first-order valence-electron chi connectivity index (χ1n) is 5.47. The predicted octanol–water partition coefficient (Wildman–Crippen LogP) is 1.76. The maximum atomic E-state index is 10.5. The first kappa shape index (κ1) is 10.9. The van der Waals surface area contributed by atoms with E-state index >= 15 is 0 Å². The third-order valence-electron chi connectivity index (χ3n) is 2.52. The van der Waals surface area contributed by atoms with E-state index in [1.54, 1.807) is 12.1 Å². The highest BCUT2D eigenvalue weighted by Crippen LogP contribution is 2.18. The molecule has 2 N–H and O–H groups in total. The lowest BCUT2D eigenvalue weighted by Crippen LogP contribution is -2.23. The first-order chi connectivity index (χ1) is 7.75. The smallest absolute Gasteiger partial charge is 0.271 e. The molecule has 1 aromatic rings. The van der Waals surface area contributed by atoms with E-state index in [2.05, 4.69) is 10.6 Å². The van der Waals surface area contributed by atoms with Gasteiger partial charge in [-0.3, -0.25) is 10.1 Å². The lowest BCUT2D eigenvalue weighted by Gasteiger charge is -2.06. The number of anilines is 1. The van der Waals surface area contributed by atoms with Crippen LogP contribution in [-0.4, -0.2) is 24.1 Å². The molecule has 1 aliphatic rings. The van der Waals surface area contributed by atoms with Crippen molar-refractivity contribution < 1.29 is 4.92 Å². The number of non-ortho nitro benzene ring substituents is 1. The largest absolute Gasteiger partial charge is 0.384 e. The molecule has 0 atom stereocenters. The Hall–Kier alpha value is -1.62. The van der Waals surface area contributed by atoms with Crippen molar-refractivity contribution in [2.24, 2.45) is 0 Å². The zero-order valence-electron chi connectivity index (χ0n) is 8.98. The van der Waals surface area contributed by atoms with Gasteiger partial charge in [0, 0.05) is 37.0 Å². The summed E-state index contributed by atoms with van der Waals surface area (Å²) in [6, 6.07) is 7.27. The number of benzene rings is 1. The minimum Gasteiger partial charge on any atom is -0.384 e. The van der Waals surface area contributed by atoms with Crippen molar-refractivity contribution >= 4 is 11.4 Å². The fourth-order valence-corrected chi connectivity index (χ4v) is 1.50. The second kappa shape index (κ2) is 4.94. The Morgan fingerprint density at radius 1 is 1.38 bits per heavy atom. The Balaban J connectivity index is 1.78. The fraction of sp³-hybridized carbons (Fsp3) is 0.455. The van der Waals surface area contributed by atoms with Crippen molar-refractivity contribution in [2.45, 2.75) is 18.9 Å². The molecule has 0 spiro atoms. The van der Waals surface area contributed by atoms with Gasteiger partial charge in [0.2, 0.25) is 0 Å². The molecule has 1 aliphatic carbocycles. The summed E-state index contributed by atoms with van der Waals surface area (Å²) in [5.74, 6) is 0. The van der Waals surface area contributed by atoms with Crippen LogP contribution in [0.15, 0.2) is 24.3 Å². The van der Waals surface area contributed by atoms with E-state index < -0.39 is 0 Å².